The molecule has 0 aliphatic rings. The normalized spacial score (nSPS) is 11.3. The largest absolute Gasteiger partial charge is 0.456 e. The van der Waals surface area contributed by atoms with Crippen molar-refractivity contribution >= 4 is 21.9 Å². The summed E-state index contributed by atoms with van der Waals surface area (Å²) in [6, 6.07) is 46.9. The standard InChI is InChI=1S/C39H24FN3O/c40-33-24-29(30-17-10-18-35-36(30)32-23-28(20-22-34(32)44-35)25-11-4-1-5-12-25)19-21-31(33)39-42-37(26-13-6-2-7-14-26)41-38(43-39)27-15-8-3-9-16-27/h1-24H. The van der Waals surface area contributed by atoms with E-state index < -0.39 is 5.82 Å². The van der Waals surface area contributed by atoms with Crippen LogP contribution in [0.3, 0.4) is 0 Å². The zero-order valence-electron chi connectivity index (χ0n) is 23.5. The summed E-state index contributed by atoms with van der Waals surface area (Å²) in [6.45, 7) is 0. The van der Waals surface area contributed by atoms with Gasteiger partial charge in [-0.3, -0.25) is 0 Å². The summed E-state index contributed by atoms with van der Waals surface area (Å²) in [7, 11) is 0. The maximum absolute atomic E-state index is 16.1. The van der Waals surface area contributed by atoms with Gasteiger partial charge in [-0.05, 0) is 52.6 Å². The second-order valence-electron chi connectivity index (χ2n) is 10.6. The summed E-state index contributed by atoms with van der Waals surface area (Å²) >= 11 is 0. The molecule has 0 unspecified atom stereocenters. The monoisotopic (exact) mass is 569 g/mol. The first-order valence-corrected chi connectivity index (χ1v) is 14.4. The van der Waals surface area contributed by atoms with Gasteiger partial charge in [0.25, 0.3) is 0 Å². The van der Waals surface area contributed by atoms with Crippen LogP contribution in [0.4, 0.5) is 4.39 Å². The summed E-state index contributed by atoms with van der Waals surface area (Å²) in [6.07, 6.45) is 0. The summed E-state index contributed by atoms with van der Waals surface area (Å²) in [4.78, 5) is 14.1. The van der Waals surface area contributed by atoms with Crippen LogP contribution in [0, 0.1) is 5.82 Å². The molecule has 0 saturated heterocycles. The molecule has 0 amide bonds. The molecule has 2 aromatic heterocycles. The molecule has 2 heterocycles. The number of aromatic nitrogens is 3. The van der Waals surface area contributed by atoms with E-state index in [9.17, 15) is 0 Å². The molecule has 0 aliphatic carbocycles. The summed E-state index contributed by atoms with van der Waals surface area (Å²) < 4.78 is 22.3. The van der Waals surface area contributed by atoms with E-state index in [2.05, 4.69) is 24.3 Å². The number of benzene rings is 6. The highest BCUT2D eigenvalue weighted by atomic mass is 19.1. The molecule has 0 atom stereocenters. The average molecular weight is 570 g/mol. The van der Waals surface area contributed by atoms with Crippen molar-refractivity contribution in [1.82, 2.24) is 15.0 Å². The van der Waals surface area contributed by atoms with E-state index >= 15 is 4.39 Å². The third-order valence-electron chi connectivity index (χ3n) is 7.82. The molecule has 0 bridgehead atoms. The zero-order valence-corrected chi connectivity index (χ0v) is 23.5. The zero-order chi connectivity index (χ0) is 29.5. The van der Waals surface area contributed by atoms with Crippen LogP contribution < -0.4 is 0 Å². The predicted molar refractivity (Wildman–Crippen MR) is 174 cm³/mol. The van der Waals surface area contributed by atoms with Crippen LogP contribution >= 0.6 is 0 Å². The van der Waals surface area contributed by atoms with Crippen molar-refractivity contribution in [3.63, 3.8) is 0 Å². The van der Waals surface area contributed by atoms with Crippen molar-refractivity contribution < 1.29 is 8.81 Å². The summed E-state index contributed by atoms with van der Waals surface area (Å²) in [5.74, 6) is 0.839. The van der Waals surface area contributed by atoms with Crippen LogP contribution in [0.25, 0.3) is 78.4 Å². The van der Waals surface area contributed by atoms with E-state index in [-0.39, 0.29) is 5.82 Å². The van der Waals surface area contributed by atoms with Gasteiger partial charge in [-0.15, -0.1) is 0 Å². The lowest BCUT2D eigenvalue weighted by Gasteiger charge is -2.10. The van der Waals surface area contributed by atoms with Gasteiger partial charge >= 0.3 is 0 Å². The van der Waals surface area contributed by atoms with Gasteiger partial charge in [-0.1, -0.05) is 115 Å². The summed E-state index contributed by atoms with van der Waals surface area (Å²) in [5, 5.41) is 1.93. The van der Waals surface area contributed by atoms with Gasteiger partial charge < -0.3 is 4.42 Å². The third kappa shape index (κ3) is 4.61. The molecule has 0 radical (unpaired) electrons. The Bertz CT molecular complexity index is 2220. The Hall–Kier alpha value is -5.94. The van der Waals surface area contributed by atoms with Crippen LogP contribution in [0.15, 0.2) is 150 Å². The number of halogens is 1. The number of furan rings is 1. The van der Waals surface area contributed by atoms with Gasteiger partial charge in [0.15, 0.2) is 17.5 Å². The lowest BCUT2D eigenvalue weighted by molar-refractivity contribution is 0.630. The first-order chi connectivity index (χ1) is 21.7. The molecule has 44 heavy (non-hydrogen) atoms. The highest BCUT2D eigenvalue weighted by Gasteiger charge is 2.18. The van der Waals surface area contributed by atoms with E-state index in [4.69, 9.17) is 19.4 Å². The Morgan fingerprint density at radius 1 is 0.409 bits per heavy atom. The quantitative estimate of drug-likeness (QED) is 0.207. The van der Waals surface area contributed by atoms with E-state index in [1.807, 2.05) is 109 Å². The Balaban J connectivity index is 1.26. The van der Waals surface area contributed by atoms with Gasteiger partial charge in [0, 0.05) is 21.9 Å². The molecule has 0 spiro atoms. The summed E-state index contributed by atoms with van der Waals surface area (Å²) in [5.41, 5.74) is 7.36. The van der Waals surface area contributed by atoms with Gasteiger partial charge in [0.1, 0.15) is 17.0 Å². The minimum absolute atomic E-state index is 0.279. The third-order valence-corrected chi connectivity index (χ3v) is 7.82. The van der Waals surface area contributed by atoms with E-state index in [1.54, 1.807) is 12.1 Å². The van der Waals surface area contributed by atoms with Crippen molar-refractivity contribution in [1.29, 1.82) is 0 Å². The molecular weight excluding hydrogens is 545 g/mol. The minimum Gasteiger partial charge on any atom is -0.456 e. The molecule has 0 fully saturated rings. The maximum Gasteiger partial charge on any atom is 0.167 e. The lowest BCUT2D eigenvalue weighted by atomic mass is 9.96. The van der Waals surface area contributed by atoms with Gasteiger partial charge in [0.2, 0.25) is 0 Å². The van der Waals surface area contributed by atoms with Crippen LogP contribution in [0.2, 0.25) is 0 Å². The molecule has 6 aromatic carbocycles. The molecule has 8 aromatic rings. The Labute approximate surface area is 253 Å². The van der Waals surface area contributed by atoms with Crippen molar-refractivity contribution in [2.24, 2.45) is 0 Å². The van der Waals surface area contributed by atoms with Crippen LogP contribution in [0.5, 0.6) is 0 Å². The van der Waals surface area contributed by atoms with Gasteiger partial charge in [-0.25, -0.2) is 19.3 Å². The van der Waals surface area contributed by atoms with Gasteiger partial charge in [0.05, 0.1) is 5.56 Å². The molecule has 5 heteroatoms. The Kier molecular flexibility index (Phi) is 6.27. The fourth-order valence-electron chi connectivity index (χ4n) is 5.67. The van der Waals surface area contributed by atoms with Crippen LogP contribution in [0.1, 0.15) is 0 Å². The molecule has 0 aliphatic heterocycles. The molecule has 0 saturated carbocycles. The van der Waals surface area contributed by atoms with E-state index in [1.165, 1.54) is 0 Å². The SMILES string of the molecule is Fc1cc(-c2cccc3oc4ccc(-c5ccccc5)cc4c23)ccc1-c1nc(-c2ccccc2)nc(-c2ccccc2)n1. The maximum atomic E-state index is 16.1. The first-order valence-electron chi connectivity index (χ1n) is 14.4. The fourth-order valence-corrected chi connectivity index (χ4v) is 5.67. The topological polar surface area (TPSA) is 51.8 Å². The molecule has 4 nitrogen and oxygen atoms in total. The Morgan fingerprint density at radius 2 is 1.00 bits per heavy atom. The van der Waals surface area contributed by atoms with Crippen LogP contribution in [-0.4, -0.2) is 15.0 Å². The van der Waals surface area contributed by atoms with Gasteiger partial charge in [-0.2, -0.15) is 0 Å². The number of nitrogens with zero attached hydrogens (tertiary/aromatic N) is 3. The Morgan fingerprint density at radius 3 is 1.64 bits per heavy atom. The second kappa shape index (κ2) is 10.7. The second-order valence-corrected chi connectivity index (χ2v) is 10.6. The molecule has 8 rings (SSSR count). The number of rotatable bonds is 5. The molecule has 0 N–H and O–H groups in total. The number of fused-ring (bicyclic) bond motifs is 3. The first kappa shape index (κ1) is 25.7. The predicted octanol–water partition coefficient (Wildman–Crippen LogP) is 10.2. The fraction of sp³-hybridized carbons (Fsp3) is 0. The average Bonchev–Trinajstić information content (AvgIpc) is 3.47. The minimum atomic E-state index is -0.415. The smallest absolute Gasteiger partial charge is 0.167 e. The van der Waals surface area contributed by atoms with Crippen molar-refractivity contribution in [3.8, 4) is 56.4 Å². The van der Waals surface area contributed by atoms with Crippen molar-refractivity contribution in [3.05, 3.63) is 151 Å². The highest BCUT2D eigenvalue weighted by molar-refractivity contribution is 6.13. The number of hydrogen-bond donors (Lipinski definition) is 0. The highest BCUT2D eigenvalue weighted by Crippen LogP contribution is 2.39. The van der Waals surface area contributed by atoms with Crippen LogP contribution in [-0.2, 0) is 0 Å². The molecular formula is C39H24FN3O. The van der Waals surface area contributed by atoms with Crippen molar-refractivity contribution in [2.45, 2.75) is 0 Å². The molecule has 208 valence electrons. The van der Waals surface area contributed by atoms with Crippen molar-refractivity contribution in [2.75, 3.05) is 0 Å². The lowest BCUT2D eigenvalue weighted by Crippen LogP contribution is -2.01. The van der Waals surface area contributed by atoms with E-state index in [0.717, 1.165) is 55.3 Å². The number of hydrogen-bond acceptors (Lipinski definition) is 4. The van der Waals surface area contributed by atoms with E-state index in [0.29, 0.717) is 17.2 Å².